The molecule has 0 bridgehead atoms. The molecule has 3 aliphatic rings. The second kappa shape index (κ2) is 22.0. The summed E-state index contributed by atoms with van der Waals surface area (Å²) >= 11 is 0. The summed E-state index contributed by atoms with van der Waals surface area (Å²) in [7, 11) is -0.871. The molecule has 6 nitrogen and oxygen atoms in total. The summed E-state index contributed by atoms with van der Waals surface area (Å²) in [4.78, 5) is 4.91. The monoisotopic (exact) mass is 1020 g/mol. The van der Waals surface area contributed by atoms with Gasteiger partial charge in [-0.05, 0) is 206 Å². The van der Waals surface area contributed by atoms with E-state index < -0.39 is 36.6 Å². The molecule has 2 unspecified atom stereocenters. The molecule has 1 aliphatic carbocycles. The number of hydrogen-bond acceptors (Lipinski definition) is 6. The van der Waals surface area contributed by atoms with Gasteiger partial charge in [-0.25, -0.2) is 0 Å². The Labute approximate surface area is 459 Å². The fourth-order valence-electron chi connectivity index (χ4n) is 12.3. The number of hydrogen-bond donors (Lipinski definition) is 0. The van der Waals surface area contributed by atoms with E-state index in [0.717, 1.165) is 57.9 Å². The Kier molecular flexibility index (Phi) is 16.1. The average Bonchev–Trinajstić information content (AvgIpc) is 3.88. The molecular weight excluding hydrogens is 930 g/mol. The summed E-state index contributed by atoms with van der Waals surface area (Å²) < 4.78 is 26.2. The lowest BCUT2D eigenvalue weighted by Gasteiger charge is -2.39. The molecular formula is C68H88B2N2O4. The van der Waals surface area contributed by atoms with Gasteiger partial charge in [-0.15, -0.1) is 0 Å². The minimum Gasteiger partial charge on any atom is -0.399 e. The Morgan fingerprint density at radius 2 is 0.789 bits per heavy atom. The van der Waals surface area contributed by atoms with E-state index in [9.17, 15) is 0 Å². The molecule has 2 aliphatic heterocycles. The molecule has 76 heavy (non-hydrogen) atoms. The van der Waals surface area contributed by atoms with Gasteiger partial charge >= 0.3 is 14.2 Å². The first kappa shape index (κ1) is 55.6. The van der Waals surface area contributed by atoms with Crippen molar-refractivity contribution in [3.8, 4) is 11.1 Å². The molecule has 2 heterocycles. The molecule has 0 spiro atoms. The van der Waals surface area contributed by atoms with Gasteiger partial charge < -0.3 is 28.4 Å². The largest absolute Gasteiger partial charge is 0.494 e. The van der Waals surface area contributed by atoms with Gasteiger partial charge in [0.25, 0.3) is 0 Å². The first-order valence-corrected chi connectivity index (χ1v) is 29.1. The molecule has 2 atom stereocenters. The number of aryl methyl sites for hydroxylation is 3. The molecule has 400 valence electrons. The van der Waals surface area contributed by atoms with Crippen LogP contribution in [0.5, 0.6) is 0 Å². The van der Waals surface area contributed by atoms with E-state index in [1.165, 1.54) is 90.3 Å². The van der Waals surface area contributed by atoms with E-state index in [2.05, 4.69) is 241 Å². The fourth-order valence-corrected chi connectivity index (χ4v) is 12.3. The van der Waals surface area contributed by atoms with E-state index in [4.69, 9.17) is 18.6 Å². The predicted octanol–water partition coefficient (Wildman–Crippen LogP) is 17.6. The first-order valence-electron chi connectivity index (χ1n) is 29.1. The minimum atomic E-state index is -0.437. The second-order valence-corrected chi connectivity index (χ2v) is 24.9. The number of unbranched alkanes of at least 4 members (excludes halogenated alkanes) is 2. The van der Waals surface area contributed by atoms with E-state index in [-0.39, 0.29) is 5.41 Å². The highest BCUT2D eigenvalue weighted by Crippen LogP contribution is 2.59. The summed E-state index contributed by atoms with van der Waals surface area (Å²) in [6.45, 7) is 33.1. The molecule has 6 aromatic carbocycles. The lowest BCUT2D eigenvalue weighted by molar-refractivity contribution is 0.00578. The van der Waals surface area contributed by atoms with Gasteiger partial charge in [0, 0.05) is 39.5 Å². The highest BCUT2D eigenvalue weighted by Gasteiger charge is 2.53. The Bertz CT molecular complexity index is 2910. The predicted molar refractivity (Wildman–Crippen MR) is 324 cm³/mol. The number of fused-ring (bicyclic) bond motifs is 3. The third kappa shape index (κ3) is 10.7. The third-order valence-corrected chi connectivity index (χ3v) is 18.4. The van der Waals surface area contributed by atoms with Gasteiger partial charge in [0.05, 0.1) is 22.4 Å². The van der Waals surface area contributed by atoms with Crippen molar-refractivity contribution >= 4 is 59.3 Å². The van der Waals surface area contributed by atoms with Crippen LogP contribution in [0, 0.1) is 32.6 Å². The standard InChI is InChI=1S/C68H88B2N2O4/c1-16-20-22-50(18-3)45-68(46-51(19-4)23-21-17-2)61-39-37-57(71(54-31-24-47(5)25-32-54)55-33-27-52(28-34-55)69-73-64(8,9)65(10,11)74-69)43-59(61)60-44-58(38-40-62(60)68)72(63-41-26-48(6)42-49(63)7)56-35-29-53(30-36-56)70-75-66(12,13)67(14,15)76-70/h24-44,50-51H,16-23,45-46H2,1-15H3. The number of rotatable bonds is 20. The summed E-state index contributed by atoms with van der Waals surface area (Å²) in [6, 6.07) is 48.6. The molecule has 0 amide bonds. The molecule has 0 aromatic heterocycles. The molecule has 0 N–H and O–H groups in total. The first-order chi connectivity index (χ1) is 36.1. The lowest BCUT2D eigenvalue weighted by atomic mass is 9.65. The van der Waals surface area contributed by atoms with E-state index in [1.807, 2.05) is 0 Å². The molecule has 2 saturated heterocycles. The van der Waals surface area contributed by atoms with Crippen molar-refractivity contribution in [3.63, 3.8) is 0 Å². The molecule has 2 fully saturated rings. The zero-order valence-electron chi connectivity index (χ0n) is 49.0. The van der Waals surface area contributed by atoms with Crippen molar-refractivity contribution in [3.05, 3.63) is 155 Å². The summed E-state index contributed by atoms with van der Waals surface area (Å²) in [5, 5.41) is 0. The van der Waals surface area contributed by atoms with E-state index in [0.29, 0.717) is 11.8 Å². The van der Waals surface area contributed by atoms with Gasteiger partial charge in [0.15, 0.2) is 0 Å². The maximum atomic E-state index is 6.55. The van der Waals surface area contributed by atoms with Crippen LogP contribution in [0.4, 0.5) is 34.1 Å². The van der Waals surface area contributed by atoms with Crippen LogP contribution in [-0.4, -0.2) is 36.6 Å². The Morgan fingerprint density at radius 3 is 1.18 bits per heavy atom. The van der Waals surface area contributed by atoms with Crippen LogP contribution in [-0.2, 0) is 24.0 Å². The van der Waals surface area contributed by atoms with Gasteiger partial charge in [-0.3, -0.25) is 0 Å². The summed E-state index contributed by atoms with van der Waals surface area (Å²) in [6.07, 6.45) is 12.1. The second-order valence-electron chi connectivity index (χ2n) is 24.9. The van der Waals surface area contributed by atoms with Crippen LogP contribution >= 0.6 is 0 Å². The molecule has 9 rings (SSSR count). The lowest BCUT2D eigenvalue weighted by Crippen LogP contribution is -2.41. The number of nitrogens with zero attached hydrogens (tertiary/aromatic N) is 2. The van der Waals surface area contributed by atoms with Crippen LogP contribution in [0.25, 0.3) is 11.1 Å². The SMILES string of the molecule is CCCCC(CC)CC1(CC(CC)CCCC)c2ccc(N(c3ccc(C)cc3)c3ccc(B4OC(C)(C)C(C)(C)O4)cc3)cc2-c2cc(N(c3ccc(B4OC(C)(C)C(C)(C)O4)cc3)c3ccc(C)cc3C)ccc21. The minimum absolute atomic E-state index is 0.140. The zero-order chi connectivity index (χ0) is 54.4. The van der Waals surface area contributed by atoms with Gasteiger partial charge in [-0.1, -0.05) is 151 Å². The van der Waals surface area contributed by atoms with Crippen LogP contribution in [0.1, 0.15) is 175 Å². The fraction of sp³-hybridized carbons (Fsp3) is 0.471. The summed E-state index contributed by atoms with van der Waals surface area (Å²) in [5.41, 5.74) is 16.3. The van der Waals surface area contributed by atoms with E-state index >= 15 is 0 Å². The van der Waals surface area contributed by atoms with Crippen LogP contribution < -0.4 is 20.7 Å². The Morgan fingerprint density at radius 1 is 0.421 bits per heavy atom. The Hall–Kier alpha value is -5.11. The maximum absolute atomic E-state index is 6.55. The van der Waals surface area contributed by atoms with Crippen LogP contribution in [0.2, 0.25) is 0 Å². The smallest absolute Gasteiger partial charge is 0.399 e. The van der Waals surface area contributed by atoms with E-state index in [1.54, 1.807) is 0 Å². The van der Waals surface area contributed by atoms with Gasteiger partial charge in [-0.2, -0.15) is 0 Å². The molecule has 0 radical (unpaired) electrons. The summed E-state index contributed by atoms with van der Waals surface area (Å²) in [5.74, 6) is 1.23. The number of benzene rings is 6. The topological polar surface area (TPSA) is 43.4 Å². The molecule has 0 saturated carbocycles. The van der Waals surface area contributed by atoms with Crippen molar-refractivity contribution < 1.29 is 18.6 Å². The van der Waals surface area contributed by atoms with Crippen molar-refractivity contribution in [2.24, 2.45) is 11.8 Å². The average molecular weight is 1020 g/mol. The van der Waals surface area contributed by atoms with Crippen molar-refractivity contribution in [1.82, 2.24) is 0 Å². The highest BCUT2D eigenvalue weighted by atomic mass is 16.7. The maximum Gasteiger partial charge on any atom is 0.494 e. The van der Waals surface area contributed by atoms with Gasteiger partial charge in [0.2, 0.25) is 0 Å². The normalized spacial score (nSPS) is 19.6. The molecule has 8 heteroatoms. The Balaban J connectivity index is 1.23. The van der Waals surface area contributed by atoms with Crippen molar-refractivity contribution in [1.29, 1.82) is 0 Å². The zero-order valence-corrected chi connectivity index (χ0v) is 49.0. The van der Waals surface area contributed by atoms with Crippen LogP contribution in [0.15, 0.2) is 127 Å². The van der Waals surface area contributed by atoms with Crippen molar-refractivity contribution in [2.75, 3.05) is 9.80 Å². The number of anilines is 6. The highest BCUT2D eigenvalue weighted by molar-refractivity contribution is 6.62. The van der Waals surface area contributed by atoms with Crippen LogP contribution in [0.3, 0.4) is 0 Å². The van der Waals surface area contributed by atoms with Gasteiger partial charge in [0.1, 0.15) is 0 Å². The quantitative estimate of drug-likeness (QED) is 0.0710. The van der Waals surface area contributed by atoms with Crippen molar-refractivity contribution in [2.45, 2.75) is 196 Å². The third-order valence-electron chi connectivity index (χ3n) is 18.4. The molecule has 6 aromatic rings.